The van der Waals surface area contributed by atoms with Gasteiger partial charge in [0.05, 0.1) is 0 Å². The van der Waals surface area contributed by atoms with Crippen LogP contribution in [0.2, 0.25) is 0 Å². The second-order valence-corrected chi connectivity index (χ2v) is 4.26. The predicted octanol–water partition coefficient (Wildman–Crippen LogP) is -0.624. The number of aliphatic carboxylic acids is 2. The van der Waals surface area contributed by atoms with Crippen LogP contribution in [0, 0.1) is 0 Å². The Hall–Kier alpha value is 0.420. The van der Waals surface area contributed by atoms with Gasteiger partial charge in [0.2, 0.25) is 0 Å². The molecule has 0 spiro atoms. The number of rotatable bonds is 8. The van der Waals surface area contributed by atoms with Gasteiger partial charge in [0.1, 0.15) is 4.83 Å². The summed E-state index contributed by atoms with van der Waals surface area (Å²) in [6.07, 6.45) is 4.05. The van der Waals surface area contributed by atoms with Gasteiger partial charge in [-0.2, -0.15) is 0 Å². The van der Waals surface area contributed by atoms with Crippen molar-refractivity contribution in [2.75, 3.05) is 0 Å². The summed E-state index contributed by atoms with van der Waals surface area (Å²) in [5, 5.41) is 16.9. The van der Waals surface area contributed by atoms with E-state index in [1.807, 2.05) is 0 Å². The predicted molar refractivity (Wildman–Crippen MR) is 56.8 cm³/mol. The fourth-order valence-corrected chi connectivity index (χ4v) is 1.40. The standard InChI is InChI=1S/C9H15BrO4.Na.H/c10-7(9(13)14)5-3-1-2-4-6-8(11)12;;/h7H,1-6H2,(H,11,12)(H,13,14);;/q;+1;-1. The molecular weight excluding hydrogens is 275 g/mol. The van der Waals surface area contributed by atoms with Crippen LogP contribution in [0.15, 0.2) is 0 Å². The summed E-state index contributed by atoms with van der Waals surface area (Å²) in [5.74, 6) is -1.61. The topological polar surface area (TPSA) is 74.6 Å². The summed E-state index contributed by atoms with van der Waals surface area (Å²) in [6.45, 7) is 0. The molecule has 6 heteroatoms. The third kappa shape index (κ3) is 12.4. The molecule has 0 bridgehead atoms. The second-order valence-electron chi connectivity index (χ2n) is 3.15. The van der Waals surface area contributed by atoms with E-state index in [2.05, 4.69) is 15.9 Å². The summed E-state index contributed by atoms with van der Waals surface area (Å²) in [7, 11) is 0. The molecule has 84 valence electrons. The number of unbranched alkanes of at least 4 members (excludes halogenated alkanes) is 3. The van der Waals surface area contributed by atoms with E-state index >= 15 is 0 Å². The molecule has 4 nitrogen and oxygen atoms in total. The van der Waals surface area contributed by atoms with Crippen molar-refractivity contribution in [3.05, 3.63) is 0 Å². The van der Waals surface area contributed by atoms with Gasteiger partial charge in [0.15, 0.2) is 0 Å². The molecule has 0 radical (unpaired) electrons. The van der Waals surface area contributed by atoms with E-state index in [0.29, 0.717) is 12.8 Å². The number of hydrogen-bond donors (Lipinski definition) is 2. The van der Waals surface area contributed by atoms with Crippen LogP contribution in [-0.4, -0.2) is 27.0 Å². The van der Waals surface area contributed by atoms with E-state index in [0.717, 1.165) is 19.3 Å². The summed E-state index contributed by atoms with van der Waals surface area (Å²) in [4.78, 5) is 20.1. The van der Waals surface area contributed by atoms with E-state index < -0.39 is 16.8 Å². The minimum Gasteiger partial charge on any atom is -1.00 e. The molecule has 0 aromatic heterocycles. The van der Waals surface area contributed by atoms with Gasteiger partial charge in [-0.25, -0.2) is 0 Å². The Balaban J connectivity index is -0.000000845. The van der Waals surface area contributed by atoms with E-state index in [4.69, 9.17) is 10.2 Å². The van der Waals surface area contributed by atoms with Gasteiger partial charge < -0.3 is 11.6 Å². The second kappa shape index (κ2) is 10.9. The minimum absolute atomic E-state index is 0. The zero-order chi connectivity index (χ0) is 11.0. The summed E-state index contributed by atoms with van der Waals surface area (Å²) < 4.78 is 0. The van der Waals surface area contributed by atoms with Crippen LogP contribution in [0.4, 0.5) is 0 Å². The summed E-state index contributed by atoms with van der Waals surface area (Å²) >= 11 is 3.04. The van der Waals surface area contributed by atoms with E-state index in [9.17, 15) is 9.59 Å². The maximum absolute atomic E-state index is 10.4. The normalized spacial score (nSPS) is 11.5. The maximum atomic E-state index is 10.4. The van der Waals surface area contributed by atoms with Gasteiger partial charge in [-0.05, 0) is 12.8 Å². The molecule has 0 aliphatic rings. The monoisotopic (exact) mass is 290 g/mol. The molecule has 0 aliphatic carbocycles. The van der Waals surface area contributed by atoms with Gasteiger partial charge in [-0.3, -0.25) is 9.59 Å². The molecule has 0 saturated heterocycles. The summed E-state index contributed by atoms with van der Waals surface area (Å²) in [6, 6.07) is 0. The van der Waals surface area contributed by atoms with Crippen molar-refractivity contribution in [3.63, 3.8) is 0 Å². The fourth-order valence-electron chi connectivity index (χ4n) is 1.08. The molecule has 0 rings (SSSR count). The van der Waals surface area contributed by atoms with Crippen LogP contribution in [0.25, 0.3) is 0 Å². The summed E-state index contributed by atoms with van der Waals surface area (Å²) in [5.41, 5.74) is 0. The average Bonchev–Trinajstić information content (AvgIpc) is 2.09. The molecule has 1 atom stereocenters. The SMILES string of the molecule is O=C(O)CCCCCCC(Br)C(=O)O.[H-].[Na+]. The quantitative estimate of drug-likeness (QED) is 0.355. The molecule has 0 aromatic carbocycles. The smallest absolute Gasteiger partial charge is 1.00 e. The molecule has 0 amide bonds. The van der Waals surface area contributed by atoms with Crippen molar-refractivity contribution in [1.82, 2.24) is 0 Å². The Labute approximate surface area is 121 Å². The van der Waals surface area contributed by atoms with E-state index in [1.54, 1.807) is 0 Å². The van der Waals surface area contributed by atoms with Crippen molar-refractivity contribution >= 4 is 27.9 Å². The van der Waals surface area contributed by atoms with Crippen molar-refractivity contribution < 1.29 is 50.8 Å². The van der Waals surface area contributed by atoms with Crippen LogP contribution in [0.3, 0.4) is 0 Å². The van der Waals surface area contributed by atoms with Crippen LogP contribution < -0.4 is 29.6 Å². The molecule has 0 fully saturated rings. The fraction of sp³-hybridized carbons (Fsp3) is 0.778. The molecule has 2 N–H and O–H groups in total. The number of carbonyl (C=O) groups is 2. The van der Waals surface area contributed by atoms with Crippen LogP contribution >= 0.6 is 15.9 Å². The third-order valence-electron chi connectivity index (χ3n) is 1.87. The molecule has 0 heterocycles. The van der Waals surface area contributed by atoms with E-state index in [1.165, 1.54) is 0 Å². The van der Waals surface area contributed by atoms with Crippen molar-refractivity contribution in [1.29, 1.82) is 0 Å². The third-order valence-corrected chi connectivity index (χ3v) is 2.72. The Morgan fingerprint density at radius 3 is 2.13 bits per heavy atom. The minimum atomic E-state index is -0.837. The Bertz CT molecular complexity index is 204. The molecule has 0 saturated carbocycles. The molecule has 15 heavy (non-hydrogen) atoms. The average molecular weight is 291 g/mol. The van der Waals surface area contributed by atoms with Gasteiger partial charge in [0, 0.05) is 6.42 Å². The first-order valence-electron chi connectivity index (χ1n) is 4.62. The van der Waals surface area contributed by atoms with Crippen molar-refractivity contribution in [2.24, 2.45) is 0 Å². The van der Waals surface area contributed by atoms with Crippen LogP contribution in [0.5, 0.6) is 0 Å². The zero-order valence-corrected chi connectivity index (χ0v) is 12.5. The largest absolute Gasteiger partial charge is 1.00 e. The van der Waals surface area contributed by atoms with Gasteiger partial charge >= 0.3 is 41.5 Å². The van der Waals surface area contributed by atoms with Gasteiger partial charge in [0.25, 0.3) is 0 Å². The number of alkyl halides is 1. The van der Waals surface area contributed by atoms with Crippen LogP contribution in [0.1, 0.15) is 40.0 Å². The Kier molecular flexibility index (Phi) is 13.0. The van der Waals surface area contributed by atoms with Gasteiger partial charge in [-0.15, -0.1) is 0 Å². The van der Waals surface area contributed by atoms with Crippen molar-refractivity contribution in [2.45, 2.75) is 43.4 Å². The maximum Gasteiger partial charge on any atom is 1.00 e. The first-order valence-corrected chi connectivity index (χ1v) is 5.54. The number of carboxylic acid groups (broad SMARTS) is 2. The number of carboxylic acids is 2. The number of halogens is 1. The Morgan fingerprint density at radius 1 is 1.13 bits per heavy atom. The molecule has 1 unspecified atom stereocenters. The zero-order valence-electron chi connectivity index (χ0n) is 9.91. The number of hydrogen-bond acceptors (Lipinski definition) is 2. The Morgan fingerprint density at radius 2 is 1.67 bits per heavy atom. The first-order chi connectivity index (χ1) is 6.54. The van der Waals surface area contributed by atoms with Crippen molar-refractivity contribution in [3.8, 4) is 0 Å². The van der Waals surface area contributed by atoms with E-state index in [-0.39, 0.29) is 37.4 Å². The molecule has 0 aliphatic heterocycles. The molecule has 0 aromatic rings. The van der Waals surface area contributed by atoms with Gasteiger partial charge in [-0.1, -0.05) is 35.2 Å². The van der Waals surface area contributed by atoms with Crippen LogP contribution in [-0.2, 0) is 9.59 Å². The molecular formula is C9H16BrNaO4. The first kappa shape index (κ1) is 17.8.